The Labute approximate surface area is 226 Å². The summed E-state index contributed by atoms with van der Waals surface area (Å²) in [6.45, 7) is 4.42. The van der Waals surface area contributed by atoms with E-state index in [1.807, 2.05) is 0 Å². The van der Waals surface area contributed by atoms with Gasteiger partial charge in [0.25, 0.3) is 0 Å². The summed E-state index contributed by atoms with van der Waals surface area (Å²) in [4.78, 5) is 41.9. The average Bonchev–Trinajstić information content (AvgIpc) is 3.39. The number of nitrogens with zero attached hydrogens (tertiary/aromatic N) is 4. The molecule has 0 spiro atoms. The van der Waals surface area contributed by atoms with Crippen LogP contribution in [0.5, 0.6) is 0 Å². The molecule has 214 valence electrons. The van der Waals surface area contributed by atoms with Gasteiger partial charge in [-0.15, -0.1) is 0 Å². The van der Waals surface area contributed by atoms with Crippen LogP contribution < -0.4 is 0 Å². The van der Waals surface area contributed by atoms with Crippen LogP contribution in [0.3, 0.4) is 0 Å². The van der Waals surface area contributed by atoms with E-state index in [9.17, 15) is 18.9 Å². The Balaban J connectivity index is 1.91. The summed E-state index contributed by atoms with van der Waals surface area (Å²) >= 11 is 0. The zero-order valence-corrected chi connectivity index (χ0v) is 23.0. The fraction of sp³-hybridized carbons (Fsp3) is 0.625. The van der Waals surface area contributed by atoms with Crippen molar-refractivity contribution in [2.75, 3.05) is 33.0 Å². The molecular formula is C24H33N4O10P. The quantitative estimate of drug-likeness (QED) is 0.0762. The second kappa shape index (κ2) is 13.9. The van der Waals surface area contributed by atoms with Crippen molar-refractivity contribution in [2.24, 2.45) is 5.11 Å². The van der Waals surface area contributed by atoms with Gasteiger partial charge in [-0.3, -0.25) is 14.2 Å². The summed E-state index contributed by atoms with van der Waals surface area (Å²) in [6, 6.07) is 6.73. The first-order chi connectivity index (χ1) is 18.7. The summed E-state index contributed by atoms with van der Waals surface area (Å²) in [5.41, 5.74) is 9.75. The Morgan fingerprint density at radius 3 is 2.38 bits per heavy atom. The summed E-state index contributed by atoms with van der Waals surface area (Å²) in [7, 11) is -4.28. The van der Waals surface area contributed by atoms with Crippen molar-refractivity contribution in [2.45, 2.75) is 63.9 Å². The van der Waals surface area contributed by atoms with Gasteiger partial charge in [-0.2, -0.15) is 0 Å². The molecule has 2 saturated heterocycles. The molecule has 1 aromatic carbocycles. The van der Waals surface area contributed by atoms with Crippen molar-refractivity contribution >= 4 is 25.4 Å². The van der Waals surface area contributed by atoms with Crippen molar-refractivity contribution in [1.29, 1.82) is 0 Å². The van der Waals surface area contributed by atoms with Crippen molar-refractivity contribution in [3.05, 3.63) is 46.3 Å². The summed E-state index contributed by atoms with van der Waals surface area (Å²) in [6.07, 6.45) is 0.183. The SMILES string of the molecule is CCOP(=O)(OCC)[C@H](C(=O)OCc1ccccc1)N1C(=O)[C@@H](N=[N+]=[N-])[C@H]1CCC1(COC(C)=O)OCCO1. The molecule has 14 nitrogen and oxygen atoms in total. The highest BCUT2D eigenvalue weighted by Crippen LogP contribution is 2.57. The minimum atomic E-state index is -4.28. The van der Waals surface area contributed by atoms with Crippen LogP contribution in [0.2, 0.25) is 0 Å². The van der Waals surface area contributed by atoms with E-state index in [2.05, 4.69) is 10.0 Å². The third kappa shape index (κ3) is 7.36. The topological polar surface area (TPSA) is 176 Å². The van der Waals surface area contributed by atoms with Crippen LogP contribution in [0.25, 0.3) is 10.4 Å². The lowest BCUT2D eigenvalue weighted by atomic mass is 9.89. The van der Waals surface area contributed by atoms with E-state index in [0.29, 0.717) is 5.56 Å². The lowest BCUT2D eigenvalue weighted by Crippen LogP contribution is -2.68. The molecule has 3 rings (SSSR count). The fourth-order valence-corrected chi connectivity index (χ4v) is 6.44. The average molecular weight is 569 g/mol. The van der Waals surface area contributed by atoms with E-state index in [1.165, 1.54) is 6.92 Å². The van der Waals surface area contributed by atoms with Crippen molar-refractivity contribution in [1.82, 2.24) is 4.90 Å². The van der Waals surface area contributed by atoms with Gasteiger partial charge in [0.2, 0.25) is 17.5 Å². The minimum Gasteiger partial charge on any atom is -0.460 e. The van der Waals surface area contributed by atoms with Gasteiger partial charge in [-0.1, -0.05) is 35.4 Å². The van der Waals surface area contributed by atoms with E-state index < -0.39 is 49.1 Å². The smallest absolute Gasteiger partial charge is 0.364 e. The normalized spacial score (nSPS) is 21.0. The highest BCUT2D eigenvalue weighted by atomic mass is 31.2. The molecule has 0 radical (unpaired) electrons. The summed E-state index contributed by atoms with van der Waals surface area (Å²) < 4.78 is 46.8. The zero-order valence-electron chi connectivity index (χ0n) is 22.1. The van der Waals surface area contributed by atoms with Crippen LogP contribution in [0.4, 0.5) is 0 Å². The maximum atomic E-state index is 13.9. The molecule has 1 amide bonds. The molecule has 0 aliphatic carbocycles. The predicted octanol–water partition coefficient (Wildman–Crippen LogP) is 3.30. The number of benzene rings is 1. The summed E-state index contributed by atoms with van der Waals surface area (Å²) in [5, 5.41) is 3.59. The first-order valence-electron chi connectivity index (χ1n) is 12.6. The highest BCUT2D eigenvalue weighted by Gasteiger charge is 2.59. The molecule has 0 N–H and O–H groups in total. The van der Waals surface area contributed by atoms with E-state index in [1.54, 1.807) is 44.2 Å². The Bertz CT molecular complexity index is 1100. The molecular weight excluding hydrogens is 535 g/mol. The van der Waals surface area contributed by atoms with E-state index in [0.717, 1.165) is 4.90 Å². The minimum absolute atomic E-state index is 0.0700. The molecule has 39 heavy (non-hydrogen) atoms. The highest BCUT2D eigenvalue weighted by molar-refractivity contribution is 7.55. The van der Waals surface area contributed by atoms with Gasteiger partial charge < -0.3 is 32.9 Å². The van der Waals surface area contributed by atoms with Gasteiger partial charge in [0.1, 0.15) is 19.3 Å². The van der Waals surface area contributed by atoms with Crippen molar-refractivity contribution < 1.29 is 46.9 Å². The maximum Gasteiger partial charge on any atom is 0.364 e. The first-order valence-corrected chi connectivity index (χ1v) is 14.2. The molecule has 0 unspecified atom stereocenters. The molecule has 1 aromatic rings. The molecule has 2 heterocycles. The fourth-order valence-electron chi connectivity index (χ4n) is 4.44. The van der Waals surface area contributed by atoms with Crippen LogP contribution in [-0.2, 0) is 53.6 Å². The number of rotatable bonds is 15. The van der Waals surface area contributed by atoms with Crippen LogP contribution in [-0.4, -0.2) is 79.4 Å². The Morgan fingerprint density at radius 2 is 1.82 bits per heavy atom. The molecule has 0 saturated carbocycles. The van der Waals surface area contributed by atoms with Crippen molar-refractivity contribution in [3.8, 4) is 0 Å². The predicted molar refractivity (Wildman–Crippen MR) is 135 cm³/mol. The number of azide groups is 1. The summed E-state index contributed by atoms with van der Waals surface area (Å²) in [5.74, 6) is -5.30. The van der Waals surface area contributed by atoms with Gasteiger partial charge in [0, 0.05) is 18.3 Å². The van der Waals surface area contributed by atoms with E-state index in [-0.39, 0.29) is 52.5 Å². The van der Waals surface area contributed by atoms with Crippen LogP contribution in [0.15, 0.2) is 35.4 Å². The van der Waals surface area contributed by atoms with Gasteiger partial charge in [0.15, 0.2) is 0 Å². The van der Waals surface area contributed by atoms with Gasteiger partial charge >= 0.3 is 19.5 Å². The van der Waals surface area contributed by atoms with E-state index >= 15 is 0 Å². The number of likely N-dealkylation sites (tertiary alicyclic amines) is 1. The lowest BCUT2D eigenvalue weighted by Gasteiger charge is -2.49. The molecule has 0 aromatic heterocycles. The van der Waals surface area contributed by atoms with Crippen molar-refractivity contribution in [3.63, 3.8) is 0 Å². The van der Waals surface area contributed by atoms with Gasteiger partial charge in [-0.05, 0) is 31.4 Å². The second-order valence-electron chi connectivity index (χ2n) is 8.73. The number of hydrogen-bond acceptors (Lipinski definition) is 11. The zero-order chi connectivity index (χ0) is 28.5. The number of β-lactam (4-membered cyclic amide) rings is 1. The van der Waals surface area contributed by atoms with Crippen LogP contribution in [0.1, 0.15) is 39.2 Å². The first kappa shape index (κ1) is 30.6. The standard InChI is InChI=1S/C24H33N4O10P/c1-4-37-39(32,38-5-2)22(23(31)33-15-18-9-7-6-8-10-18)28-19(20(21(28)30)26-27-25)11-12-24(16-34-17(3)29)35-13-14-36-24/h6-10,19-20,22H,4-5,11-16H2,1-3H3/t19-,20+,22-/m1/s1. The Kier molecular flexibility index (Phi) is 10.9. The number of carbonyl (C=O) groups is 3. The monoisotopic (exact) mass is 568 g/mol. The molecule has 3 atom stereocenters. The molecule has 2 fully saturated rings. The number of esters is 2. The molecule has 2 aliphatic heterocycles. The third-order valence-corrected chi connectivity index (χ3v) is 8.45. The largest absolute Gasteiger partial charge is 0.460 e. The molecule has 15 heteroatoms. The number of amides is 1. The third-order valence-electron chi connectivity index (χ3n) is 6.15. The van der Waals surface area contributed by atoms with Crippen LogP contribution >= 0.6 is 7.60 Å². The number of carbonyl (C=O) groups excluding carboxylic acids is 3. The second-order valence-corrected chi connectivity index (χ2v) is 10.8. The Hall–Kier alpha value is -2.99. The lowest BCUT2D eigenvalue weighted by molar-refractivity contribution is -0.204. The van der Waals surface area contributed by atoms with Gasteiger partial charge in [0.05, 0.1) is 32.5 Å². The van der Waals surface area contributed by atoms with Crippen LogP contribution in [0, 0.1) is 0 Å². The molecule has 0 bridgehead atoms. The number of hydrogen-bond donors (Lipinski definition) is 0. The van der Waals surface area contributed by atoms with E-state index in [4.69, 9.17) is 33.5 Å². The molecule has 2 aliphatic rings. The maximum absolute atomic E-state index is 13.9. The number of ether oxygens (including phenoxy) is 4. The van der Waals surface area contributed by atoms with Gasteiger partial charge in [-0.25, -0.2) is 4.79 Å². The Morgan fingerprint density at radius 1 is 1.18 bits per heavy atom.